The summed E-state index contributed by atoms with van der Waals surface area (Å²) in [4.78, 5) is 0.820. The summed E-state index contributed by atoms with van der Waals surface area (Å²) in [5, 5.41) is 16.9. The van der Waals surface area contributed by atoms with Crippen LogP contribution in [0.2, 0.25) is 5.02 Å². The number of aryl methyl sites for hydroxylation is 1. The smallest absolute Gasteiger partial charge is 0.131 e. The van der Waals surface area contributed by atoms with Gasteiger partial charge >= 0.3 is 0 Å². The highest BCUT2D eigenvalue weighted by molar-refractivity contribution is 9.10. The molecule has 6 heteroatoms. The highest BCUT2D eigenvalue weighted by Gasteiger charge is 2.20. The zero-order valence-electron chi connectivity index (χ0n) is 8.52. The molecule has 0 aliphatic heterocycles. The predicted octanol–water partition coefficient (Wildman–Crippen LogP) is 3.46. The summed E-state index contributed by atoms with van der Waals surface area (Å²) < 4.78 is 2.58. The van der Waals surface area contributed by atoms with E-state index >= 15 is 0 Å². The number of hydrogen-bond acceptors (Lipinski definition) is 3. The summed E-state index contributed by atoms with van der Waals surface area (Å²) in [5.74, 6) is 0. The fraction of sp³-hybridized carbons (Fsp3) is 0.300. The molecule has 1 N–H and O–H groups in total. The van der Waals surface area contributed by atoms with Crippen molar-refractivity contribution >= 4 is 38.9 Å². The Hall–Kier alpha value is -0.360. The molecule has 1 unspecified atom stereocenters. The molecule has 0 fully saturated rings. The van der Waals surface area contributed by atoms with Gasteiger partial charge in [-0.15, -0.1) is 11.3 Å². The van der Waals surface area contributed by atoms with Crippen LogP contribution < -0.4 is 0 Å². The molecule has 2 heterocycles. The number of nitrogens with zero attached hydrogens (tertiary/aromatic N) is 2. The van der Waals surface area contributed by atoms with Gasteiger partial charge in [0, 0.05) is 16.8 Å². The maximum Gasteiger partial charge on any atom is 0.131 e. The third kappa shape index (κ3) is 2.18. The molecule has 0 spiro atoms. The first-order chi connectivity index (χ1) is 7.63. The molecule has 0 aromatic carbocycles. The maximum atomic E-state index is 10.2. The van der Waals surface area contributed by atoms with Crippen LogP contribution in [0.1, 0.15) is 23.6 Å². The van der Waals surface area contributed by atoms with Gasteiger partial charge in [0.1, 0.15) is 6.10 Å². The summed E-state index contributed by atoms with van der Waals surface area (Å²) >= 11 is 10.7. The highest BCUT2D eigenvalue weighted by Crippen LogP contribution is 2.33. The Morgan fingerprint density at radius 3 is 3.00 bits per heavy atom. The molecule has 2 aromatic heterocycles. The lowest BCUT2D eigenvalue weighted by Crippen LogP contribution is -2.08. The largest absolute Gasteiger partial charge is 0.381 e. The van der Waals surface area contributed by atoms with Crippen LogP contribution in [0.5, 0.6) is 0 Å². The van der Waals surface area contributed by atoms with E-state index in [2.05, 4.69) is 21.0 Å². The lowest BCUT2D eigenvalue weighted by atomic mass is 10.2. The lowest BCUT2D eigenvalue weighted by molar-refractivity contribution is 0.211. The van der Waals surface area contributed by atoms with Gasteiger partial charge in [0.05, 0.1) is 21.4 Å². The second kappa shape index (κ2) is 4.87. The third-order valence-corrected chi connectivity index (χ3v) is 4.19. The first-order valence-electron chi connectivity index (χ1n) is 4.76. The number of halogens is 2. The highest BCUT2D eigenvalue weighted by atomic mass is 79.9. The minimum Gasteiger partial charge on any atom is -0.381 e. The Morgan fingerprint density at radius 1 is 1.69 bits per heavy atom. The van der Waals surface area contributed by atoms with Crippen molar-refractivity contribution in [2.24, 2.45) is 0 Å². The number of rotatable bonds is 3. The van der Waals surface area contributed by atoms with Crippen molar-refractivity contribution in [3.05, 3.63) is 37.7 Å². The van der Waals surface area contributed by atoms with Gasteiger partial charge in [-0.2, -0.15) is 5.10 Å². The van der Waals surface area contributed by atoms with Gasteiger partial charge in [0.25, 0.3) is 0 Å². The van der Waals surface area contributed by atoms with E-state index in [0.717, 1.165) is 21.6 Å². The van der Waals surface area contributed by atoms with Gasteiger partial charge in [0.2, 0.25) is 0 Å². The molecule has 86 valence electrons. The van der Waals surface area contributed by atoms with Crippen LogP contribution in [0.3, 0.4) is 0 Å². The first kappa shape index (κ1) is 12.1. The summed E-state index contributed by atoms with van der Waals surface area (Å²) in [6.45, 7) is 2.70. The van der Waals surface area contributed by atoms with Crippen LogP contribution in [-0.2, 0) is 6.54 Å². The van der Waals surface area contributed by atoms with E-state index in [1.807, 2.05) is 6.92 Å². The Kier molecular flexibility index (Phi) is 3.69. The van der Waals surface area contributed by atoms with Crippen molar-refractivity contribution in [3.63, 3.8) is 0 Å². The molecular weight excluding hydrogens is 312 g/mol. The van der Waals surface area contributed by atoms with Crippen molar-refractivity contribution < 1.29 is 5.11 Å². The van der Waals surface area contributed by atoms with Crippen LogP contribution in [0, 0.1) is 0 Å². The SMILES string of the molecule is CCn1ncc(Br)c1C(O)c1cc(Cl)cs1. The Morgan fingerprint density at radius 2 is 2.44 bits per heavy atom. The molecular formula is C10H10BrClN2OS. The second-order valence-electron chi connectivity index (χ2n) is 3.26. The number of thiophene rings is 1. The number of aliphatic hydroxyl groups excluding tert-OH is 1. The summed E-state index contributed by atoms with van der Waals surface area (Å²) in [5.41, 5.74) is 0.765. The Balaban J connectivity index is 2.40. The van der Waals surface area contributed by atoms with E-state index in [9.17, 15) is 5.11 Å². The minimum atomic E-state index is -0.686. The quantitative estimate of drug-likeness (QED) is 0.940. The fourth-order valence-electron chi connectivity index (χ4n) is 1.50. The average Bonchev–Trinajstić information content (AvgIpc) is 2.83. The van der Waals surface area contributed by atoms with Gasteiger partial charge in [-0.05, 0) is 28.9 Å². The number of aromatic nitrogens is 2. The third-order valence-electron chi connectivity index (χ3n) is 2.25. The zero-order valence-corrected chi connectivity index (χ0v) is 11.7. The first-order valence-corrected chi connectivity index (χ1v) is 6.81. The number of aliphatic hydroxyl groups is 1. The van der Waals surface area contributed by atoms with Gasteiger partial charge < -0.3 is 5.11 Å². The lowest BCUT2D eigenvalue weighted by Gasteiger charge is -2.11. The Labute approximate surface area is 111 Å². The molecule has 0 amide bonds. The van der Waals surface area contributed by atoms with Crippen molar-refractivity contribution in [2.45, 2.75) is 19.6 Å². The molecule has 1 atom stereocenters. The Bertz CT molecular complexity index is 497. The standard InChI is InChI=1S/C10H10BrClN2OS/c1-2-14-9(7(11)4-13-14)10(15)8-3-6(12)5-16-8/h3-5,10,15H,2H2,1H3. The van der Waals surface area contributed by atoms with Crippen LogP contribution in [-0.4, -0.2) is 14.9 Å². The molecule has 0 aliphatic rings. The van der Waals surface area contributed by atoms with E-state index in [4.69, 9.17) is 11.6 Å². The predicted molar refractivity (Wildman–Crippen MR) is 69.0 cm³/mol. The van der Waals surface area contributed by atoms with E-state index in [1.165, 1.54) is 11.3 Å². The van der Waals surface area contributed by atoms with Crippen molar-refractivity contribution in [1.29, 1.82) is 0 Å². The van der Waals surface area contributed by atoms with Gasteiger partial charge in [-0.1, -0.05) is 11.6 Å². The minimum absolute atomic E-state index is 0.651. The summed E-state index contributed by atoms with van der Waals surface area (Å²) in [6.07, 6.45) is 1.01. The molecule has 0 saturated carbocycles. The topological polar surface area (TPSA) is 38.0 Å². The van der Waals surface area contributed by atoms with Crippen molar-refractivity contribution in [2.75, 3.05) is 0 Å². The van der Waals surface area contributed by atoms with E-state index in [0.29, 0.717) is 5.02 Å². The molecule has 2 aromatic rings. The molecule has 16 heavy (non-hydrogen) atoms. The average molecular weight is 322 g/mol. The van der Waals surface area contributed by atoms with E-state index < -0.39 is 6.10 Å². The van der Waals surface area contributed by atoms with Crippen LogP contribution in [0.25, 0.3) is 0 Å². The van der Waals surface area contributed by atoms with Crippen LogP contribution >= 0.6 is 38.9 Å². The zero-order chi connectivity index (χ0) is 11.7. The number of hydrogen-bond donors (Lipinski definition) is 1. The van der Waals surface area contributed by atoms with Crippen LogP contribution in [0.15, 0.2) is 22.1 Å². The molecule has 0 radical (unpaired) electrons. The molecule has 2 rings (SSSR count). The normalized spacial score (nSPS) is 13.0. The van der Waals surface area contributed by atoms with Gasteiger partial charge in [-0.3, -0.25) is 4.68 Å². The molecule has 0 aliphatic carbocycles. The van der Waals surface area contributed by atoms with Crippen LogP contribution in [0.4, 0.5) is 0 Å². The monoisotopic (exact) mass is 320 g/mol. The maximum absolute atomic E-state index is 10.2. The molecule has 0 saturated heterocycles. The fourth-order valence-corrected chi connectivity index (χ4v) is 3.08. The molecule has 0 bridgehead atoms. The van der Waals surface area contributed by atoms with Crippen molar-refractivity contribution in [3.8, 4) is 0 Å². The summed E-state index contributed by atoms with van der Waals surface area (Å²) in [7, 11) is 0. The second-order valence-corrected chi connectivity index (χ2v) is 5.50. The summed E-state index contributed by atoms with van der Waals surface area (Å²) in [6, 6.07) is 1.77. The molecule has 3 nitrogen and oxygen atoms in total. The van der Waals surface area contributed by atoms with E-state index in [1.54, 1.807) is 22.3 Å². The van der Waals surface area contributed by atoms with Gasteiger partial charge in [-0.25, -0.2) is 0 Å². The van der Waals surface area contributed by atoms with E-state index in [-0.39, 0.29) is 0 Å². The van der Waals surface area contributed by atoms with Gasteiger partial charge in [0.15, 0.2) is 0 Å². The van der Waals surface area contributed by atoms with Crippen molar-refractivity contribution in [1.82, 2.24) is 9.78 Å².